The first-order valence-corrected chi connectivity index (χ1v) is 12.6. The molecule has 2 aliphatic carbocycles. The normalized spacial score (nSPS) is 22.7. The van der Waals surface area contributed by atoms with Gasteiger partial charge < -0.3 is 15.0 Å². The van der Waals surface area contributed by atoms with Crippen molar-refractivity contribution in [2.45, 2.75) is 71.3 Å². The molecule has 0 bridgehead atoms. The molecule has 4 rings (SSSR count). The van der Waals surface area contributed by atoms with Gasteiger partial charge in [-0.2, -0.15) is 5.26 Å². The number of fused-ring (bicyclic) bond motifs is 1. The van der Waals surface area contributed by atoms with Crippen molar-refractivity contribution in [3.8, 4) is 11.8 Å². The summed E-state index contributed by atoms with van der Waals surface area (Å²) in [4.78, 5) is 42.0. The Hall–Kier alpha value is -3.14. The van der Waals surface area contributed by atoms with Crippen LogP contribution in [0.25, 0.3) is 10.9 Å². The number of hydrogen-bond donors (Lipinski definition) is 2. The first-order valence-electron chi connectivity index (χ1n) is 12.6. The van der Waals surface area contributed by atoms with Gasteiger partial charge in [0.1, 0.15) is 17.6 Å². The molecule has 0 saturated heterocycles. The zero-order chi connectivity index (χ0) is 25.2. The molecule has 2 aromatic rings. The summed E-state index contributed by atoms with van der Waals surface area (Å²) in [6.07, 6.45) is 5.24. The highest BCUT2D eigenvalue weighted by molar-refractivity contribution is 6.02. The van der Waals surface area contributed by atoms with Crippen molar-refractivity contribution in [1.82, 2.24) is 10.3 Å². The summed E-state index contributed by atoms with van der Waals surface area (Å²) in [5, 5.41) is 13.4. The van der Waals surface area contributed by atoms with Crippen molar-refractivity contribution >= 4 is 28.4 Å². The second-order valence-electron chi connectivity index (χ2n) is 10.9. The van der Waals surface area contributed by atoms with Crippen LogP contribution in [0.15, 0.2) is 24.3 Å². The van der Waals surface area contributed by atoms with Gasteiger partial charge in [0.2, 0.25) is 5.91 Å². The molecule has 1 aromatic carbocycles. The molecule has 186 valence electrons. The predicted molar refractivity (Wildman–Crippen MR) is 133 cm³/mol. The summed E-state index contributed by atoms with van der Waals surface area (Å²) >= 11 is 0. The number of amides is 1. The highest BCUT2D eigenvalue weighted by Gasteiger charge is 2.47. The standard InChI is InChI=1S/C28H35N3O4/c1-28(2)15-19(28)11-18(27(34)30-20(16-29)12-17-7-4-5-9-24(17)32)13-25(33)23-14-21-22(31-23)8-6-10-26(21)35-3/h6,8,10,14,17-20,31H,4-5,7,9,11-13,15H2,1-3H3,(H,30,34)/t17-,18+,19?,20-/m0/s1. The van der Waals surface area contributed by atoms with Crippen molar-refractivity contribution in [2.75, 3.05) is 7.11 Å². The van der Waals surface area contributed by atoms with Crippen LogP contribution in [0.3, 0.4) is 0 Å². The maximum atomic E-state index is 13.3. The fraction of sp³-hybridized carbons (Fsp3) is 0.571. The van der Waals surface area contributed by atoms with Crippen LogP contribution < -0.4 is 10.1 Å². The van der Waals surface area contributed by atoms with E-state index in [4.69, 9.17) is 4.74 Å². The zero-order valence-corrected chi connectivity index (χ0v) is 20.9. The minimum Gasteiger partial charge on any atom is -0.496 e. The van der Waals surface area contributed by atoms with Gasteiger partial charge in [0, 0.05) is 35.6 Å². The van der Waals surface area contributed by atoms with Crippen LogP contribution in [0.2, 0.25) is 0 Å². The number of methoxy groups -OCH3 is 1. The number of benzene rings is 1. The first-order chi connectivity index (χ1) is 16.7. The number of carbonyl (C=O) groups is 3. The number of aromatic amines is 1. The molecule has 35 heavy (non-hydrogen) atoms. The number of ether oxygens (including phenoxy) is 1. The van der Waals surface area contributed by atoms with Crippen molar-refractivity contribution in [3.05, 3.63) is 30.0 Å². The minimum absolute atomic E-state index is 0.0636. The summed E-state index contributed by atoms with van der Waals surface area (Å²) in [6, 6.07) is 8.80. The molecular formula is C28H35N3O4. The molecule has 1 unspecified atom stereocenters. The number of ketones is 2. The summed E-state index contributed by atoms with van der Waals surface area (Å²) in [5.41, 5.74) is 1.42. The molecule has 0 spiro atoms. The molecule has 7 nitrogen and oxygen atoms in total. The van der Waals surface area contributed by atoms with Crippen molar-refractivity contribution in [2.24, 2.45) is 23.2 Å². The lowest BCUT2D eigenvalue weighted by atomic mass is 9.83. The molecule has 1 amide bonds. The number of Topliss-reactive ketones (excluding diaryl/α,β-unsaturated/α-hetero) is 2. The van der Waals surface area contributed by atoms with Gasteiger partial charge in [-0.25, -0.2) is 0 Å². The lowest BCUT2D eigenvalue weighted by Gasteiger charge is -2.24. The van der Waals surface area contributed by atoms with E-state index in [1.165, 1.54) is 0 Å². The number of nitrogens with one attached hydrogen (secondary N) is 2. The first kappa shape index (κ1) is 25.0. The van der Waals surface area contributed by atoms with E-state index in [1.54, 1.807) is 13.2 Å². The zero-order valence-electron chi connectivity index (χ0n) is 20.9. The molecule has 1 aromatic heterocycles. The second kappa shape index (κ2) is 10.2. The highest BCUT2D eigenvalue weighted by atomic mass is 16.5. The average molecular weight is 478 g/mol. The molecule has 4 atom stereocenters. The van der Waals surface area contributed by atoms with E-state index in [2.05, 4.69) is 30.2 Å². The van der Waals surface area contributed by atoms with E-state index in [0.29, 0.717) is 36.6 Å². The Morgan fingerprint density at radius 1 is 1.29 bits per heavy atom. The van der Waals surface area contributed by atoms with E-state index >= 15 is 0 Å². The summed E-state index contributed by atoms with van der Waals surface area (Å²) in [5.74, 6) is 0.127. The SMILES string of the molecule is COc1cccc2[nH]c(C(=O)C[C@@H](CC3CC3(C)C)C(=O)N[C@H](C#N)C[C@@H]3CCCCC3=O)cc12. The highest BCUT2D eigenvalue weighted by Crippen LogP contribution is 2.55. The Bertz CT molecular complexity index is 1160. The van der Waals surface area contributed by atoms with Crippen molar-refractivity contribution in [1.29, 1.82) is 5.26 Å². The fourth-order valence-electron chi connectivity index (χ4n) is 5.42. The van der Waals surface area contributed by atoms with Crippen molar-refractivity contribution in [3.63, 3.8) is 0 Å². The molecule has 2 aliphatic rings. The molecule has 7 heteroatoms. The smallest absolute Gasteiger partial charge is 0.224 e. The fourth-order valence-corrected chi connectivity index (χ4v) is 5.42. The molecule has 0 radical (unpaired) electrons. The van der Waals surface area contributed by atoms with Crippen molar-refractivity contribution < 1.29 is 19.1 Å². The minimum atomic E-state index is -0.725. The van der Waals surface area contributed by atoms with Crippen LogP contribution in [0.4, 0.5) is 0 Å². The number of hydrogen-bond acceptors (Lipinski definition) is 5. The van der Waals surface area contributed by atoms with Crippen LogP contribution in [0.1, 0.15) is 75.7 Å². The summed E-state index contributed by atoms with van der Waals surface area (Å²) in [6.45, 7) is 4.34. The molecule has 2 saturated carbocycles. The predicted octanol–water partition coefficient (Wildman–Crippen LogP) is 4.96. The maximum Gasteiger partial charge on any atom is 0.224 e. The topological polar surface area (TPSA) is 112 Å². The van der Waals surface area contributed by atoms with Gasteiger partial charge in [-0.05, 0) is 61.6 Å². The van der Waals surface area contributed by atoms with E-state index in [1.807, 2.05) is 18.2 Å². The van der Waals surface area contributed by atoms with Crippen LogP contribution >= 0.6 is 0 Å². The van der Waals surface area contributed by atoms with Gasteiger partial charge in [0.15, 0.2) is 5.78 Å². The quantitative estimate of drug-likeness (QED) is 0.470. The lowest BCUT2D eigenvalue weighted by Crippen LogP contribution is -2.41. The monoisotopic (exact) mass is 477 g/mol. The molecule has 1 heterocycles. The Morgan fingerprint density at radius 3 is 2.71 bits per heavy atom. The number of aromatic nitrogens is 1. The Balaban J connectivity index is 1.47. The molecular weight excluding hydrogens is 442 g/mol. The van der Waals surface area contributed by atoms with Crippen LogP contribution in [0, 0.1) is 34.5 Å². The third-order valence-corrected chi connectivity index (χ3v) is 7.91. The third kappa shape index (κ3) is 5.75. The maximum absolute atomic E-state index is 13.3. The summed E-state index contributed by atoms with van der Waals surface area (Å²) in [7, 11) is 1.59. The number of nitriles is 1. The molecule has 0 aliphatic heterocycles. The molecule has 2 N–H and O–H groups in total. The van der Waals surface area contributed by atoms with E-state index in [9.17, 15) is 19.6 Å². The van der Waals surface area contributed by atoms with Gasteiger partial charge in [-0.15, -0.1) is 0 Å². The Labute approximate surface area is 206 Å². The van der Waals surface area contributed by atoms with Gasteiger partial charge >= 0.3 is 0 Å². The second-order valence-corrected chi connectivity index (χ2v) is 10.9. The lowest BCUT2D eigenvalue weighted by molar-refractivity contribution is -0.127. The summed E-state index contributed by atoms with van der Waals surface area (Å²) < 4.78 is 5.40. The van der Waals surface area contributed by atoms with E-state index < -0.39 is 12.0 Å². The van der Waals surface area contributed by atoms with Gasteiger partial charge in [0.25, 0.3) is 0 Å². The van der Waals surface area contributed by atoms with Crippen LogP contribution in [0.5, 0.6) is 5.75 Å². The number of carbonyl (C=O) groups excluding carboxylic acids is 3. The Morgan fingerprint density at radius 2 is 2.06 bits per heavy atom. The largest absolute Gasteiger partial charge is 0.496 e. The van der Waals surface area contributed by atoms with Crippen LogP contribution in [-0.2, 0) is 9.59 Å². The average Bonchev–Trinajstić information content (AvgIpc) is 3.22. The molecule has 2 fully saturated rings. The van der Waals surface area contributed by atoms with Gasteiger partial charge in [-0.1, -0.05) is 26.3 Å². The number of rotatable bonds is 10. The number of nitrogens with zero attached hydrogens (tertiary/aromatic N) is 1. The third-order valence-electron chi connectivity index (χ3n) is 7.91. The van der Waals surface area contributed by atoms with Gasteiger partial charge in [0.05, 0.1) is 18.9 Å². The van der Waals surface area contributed by atoms with E-state index in [0.717, 1.165) is 36.6 Å². The Kier molecular flexibility index (Phi) is 7.30. The van der Waals surface area contributed by atoms with Gasteiger partial charge in [-0.3, -0.25) is 14.4 Å². The number of H-pyrrole nitrogens is 1. The van der Waals surface area contributed by atoms with Crippen LogP contribution in [-0.4, -0.2) is 35.6 Å². The van der Waals surface area contributed by atoms with E-state index in [-0.39, 0.29) is 35.2 Å².